The highest BCUT2D eigenvalue weighted by atomic mass is 16.6. The van der Waals surface area contributed by atoms with Gasteiger partial charge in [-0.1, -0.05) is 12.1 Å². The number of benzene rings is 1. The molecule has 122 valence electrons. The van der Waals surface area contributed by atoms with Crippen molar-refractivity contribution in [3.8, 4) is 6.07 Å². The number of hydrogen-bond donors (Lipinski definition) is 0. The minimum Gasteiger partial charge on any atom is -0.353 e. The van der Waals surface area contributed by atoms with Crippen LogP contribution in [-0.2, 0) is 6.54 Å². The van der Waals surface area contributed by atoms with Crippen molar-refractivity contribution in [2.45, 2.75) is 6.54 Å². The molecule has 1 aromatic carbocycles. The average molecular weight is 323 g/mol. The van der Waals surface area contributed by atoms with E-state index in [1.165, 1.54) is 6.07 Å². The van der Waals surface area contributed by atoms with Crippen molar-refractivity contribution in [3.63, 3.8) is 0 Å². The van der Waals surface area contributed by atoms with Crippen LogP contribution in [-0.4, -0.2) is 41.0 Å². The van der Waals surface area contributed by atoms with Gasteiger partial charge >= 0.3 is 0 Å². The third-order valence-electron chi connectivity index (χ3n) is 4.11. The molecule has 2 heterocycles. The fraction of sp³-hybridized carbons (Fsp3) is 0.294. The van der Waals surface area contributed by atoms with Gasteiger partial charge in [-0.25, -0.2) is 4.98 Å². The number of piperazine rings is 1. The van der Waals surface area contributed by atoms with Gasteiger partial charge in [0.2, 0.25) is 0 Å². The van der Waals surface area contributed by atoms with E-state index in [1.54, 1.807) is 30.5 Å². The third kappa shape index (κ3) is 3.50. The molecule has 0 bridgehead atoms. The molecule has 0 aliphatic carbocycles. The Balaban J connectivity index is 1.62. The molecule has 0 atom stereocenters. The molecule has 0 spiro atoms. The van der Waals surface area contributed by atoms with Crippen molar-refractivity contribution in [1.82, 2.24) is 9.88 Å². The van der Waals surface area contributed by atoms with Gasteiger partial charge < -0.3 is 4.90 Å². The smallest absolute Gasteiger partial charge is 0.269 e. The molecule has 1 aromatic heterocycles. The number of nitro benzene ring substituents is 1. The number of nitrogens with zero attached hydrogens (tertiary/aromatic N) is 5. The van der Waals surface area contributed by atoms with E-state index in [0.29, 0.717) is 12.1 Å². The molecule has 24 heavy (non-hydrogen) atoms. The number of aromatic nitrogens is 1. The largest absolute Gasteiger partial charge is 0.353 e. The summed E-state index contributed by atoms with van der Waals surface area (Å²) in [6.07, 6.45) is 1.70. The Morgan fingerprint density at radius 3 is 2.71 bits per heavy atom. The van der Waals surface area contributed by atoms with E-state index in [9.17, 15) is 15.4 Å². The van der Waals surface area contributed by atoms with Crippen LogP contribution in [0.5, 0.6) is 0 Å². The van der Waals surface area contributed by atoms with E-state index in [-0.39, 0.29) is 10.6 Å². The van der Waals surface area contributed by atoms with E-state index >= 15 is 0 Å². The lowest BCUT2D eigenvalue weighted by Gasteiger charge is -2.35. The predicted octanol–water partition coefficient (Wildman–Crippen LogP) is 2.18. The summed E-state index contributed by atoms with van der Waals surface area (Å²) in [7, 11) is 0. The number of pyridine rings is 1. The van der Waals surface area contributed by atoms with Gasteiger partial charge in [0.25, 0.3) is 5.69 Å². The van der Waals surface area contributed by atoms with Gasteiger partial charge in [0.15, 0.2) is 0 Å². The minimum atomic E-state index is -0.369. The SMILES string of the molecule is N#Cc1cccnc1N1CCN(Cc2cccc([N+](=O)[O-])c2)CC1. The van der Waals surface area contributed by atoms with Crippen LogP contribution in [0.1, 0.15) is 11.1 Å². The number of nitro groups is 1. The molecular weight excluding hydrogens is 306 g/mol. The van der Waals surface area contributed by atoms with Crippen molar-refractivity contribution in [1.29, 1.82) is 5.26 Å². The van der Waals surface area contributed by atoms with E-state index in [4.69, 9.17) is 0 Å². The Hall–Kier alpha value is -2.98. The first-order valence-electron chi connectivity index (χ1n) is 7.73. The lowest BCUT2D eigenvalue weighted by atomic mass is 10.1. The molecule has 0 saturated carbocycles. The van der Waals surface area contributed by atoms with E-state index in [2.05, 4.69) is 20.9 Å². The quantitative estimate of drug-likeness (QED) is 0.633. The van der Waals surface area contributed by atoms with Gasteiger partial charge in [-0.2, -0.15) is 5.26 Å². The predicted molar refractivity (Wildman–Crippen MR) is 89.5 cm³/mol. The highest BCUT2D eigenvalue weighted by Gasteiger charge is 2.20. The molecule has 7 heteroatoms. The van der Waals surface area contributed by atoms with Crippen LogP contribution in [0.3, 0.4) is 0 Å². The van der Waals surface area contributed by atoms with Crippen molar-refractivity contribution in [3.05, 3.63) is 63.8 Å². The van der Waals surface area contributed by atoms with Gasteiger partial charge in [-0.15, -0.1) is 0 Å². The molecule has 3 rings (SSSR count). The number of anilines is 1. The van der Waals surface area contributed by atoms with Crippen molar-refractivity contribution >= 4 is 11.5 Å². The minimum absolute atomic E-state index is 0.123. The molecule has 0 radical (unpaired) electrons. The number of hydrogen-bond acceptors (Lipinski definition) is 6. The van der Waals surface area contributed by atoms with E-state index in [0.717, 1.165) is 37.6 Å². The maximum absolute atomic E-state index is 10.9. The zero-order chi connectivity index (χ0) is 16.9. The van der Waals surface area contributed by atoms with Gasteiger partial charge in [-0.3, -0.25) is 15.0 Å². The molecule has 7 nitrogen and oxygen atoms in total. The van der Waals surface area contributed by atoms with Crippen molar-refractivity contribution in [2.24, 2.45) is 0 Å². The zero-order valence-electron chi connectivity index (χ0n) is 13.1. The molecule has 0 N–H and O–H groups in total. The second kappa shape index (κ2) is 7.06. The molecule has 0 unspecified atom stereocenters. The summed E-state index contributed by atoms with van der Waals surface area (Å²) in [5.41, 5.74) is 1.65. The zero-order valence-corrected chi connectivity index (χ0v) is 13.1. The lowest BCUT2D eigenvalue weighted by molar-refractivity contribution is -0.384. The average Bonchev–Trinajstić information content (AvgIpc) is 2.62. The first-order valence-corrected chi connectivity index (χ1v) is 7.73. The standard InChI is InChI=1S/C17H17N5O2/c18-12-15-4-2-6-19-17(15)21-9-7-20(8-10-21)13-14-3-1-5-16(11-14)22(23)24/h1-6,11H,7-10,13H2. The summed E-state index contributed by atoms with van der Waals surface area (Å²) >= 11 is 0. The molecule has 1 saturated heterocycles. The summed E-state index contributed by atoms with van der Waals surface area (Å²) < 4.78 is 0. The van der Waals surface area contributed by atoms with Crippen LogP contribution < -0.4 is 4.90 Å². The maximum atomic E-state index is 10.9. The maximum Gasteiger partial charge on any atom is 0.269 e. The molecule has 1 aliphatic rings. The number of nitriles is 1. The summed E-state index contributed by atoms with van der Waals surface area (Å²) in [5, 5.41) is 20.0. The van der Waals surface area contributed by atoms with Crippen LogP contribution in [0.4, 0.5) is 11.5 Å². The Morgan fingerprint density at radius 2 is 2.00 bits per heavy atom. The second-order valence-electron chi connectivity index (χ2n) is 5.68. The van der Waals surface area contributed by atoms with E-state index in [1.807, 2.05) is 6.07 Å². The van der Waals surface area contributed by atoms with Crippen LogP contribution in [0.2, 0.25) is 0 Å². The highest BCUT2D eigenvalue weighted by molar-refractivity contribution is 5.53. The van der Waals surface area contributed by atoms with Crippen LogP contribution in [0.15, 0.2) is 42.6 Å². The molecule has 1 aliphatic heterocycles. The fourth-order valence-corrected chi connectivity index (χ4v) is 2.88. The second-order valence-corrected chi connectivity index (χ2v) is 5.68. The summed E-state index contributed by atoms with van der Waals surface area (Å²) in [5.74, 6) is 0.731. The van der Waals surface area contributed by atoms with Gasteiger partial charge in [0.05, 0.1) is 10.5 Å². The highest BCUT2D eigenvalue weighted by Crippen LogP contribution is 2.20. The van der Waals surface area contributed by atoms with E-state index < -0.39 is 0 Å². The Bertz CT molecular complexity index is 779. The normalized spacial score (nSPS) is 15.0. The Labute approximate surface area is 139 Å². The van der Waals surface area contributed by atoms with Crippen LogP contribution >= 0.6 is 0 Å². The molecule has 0 amide bonds. The molecule has 2 aromatic rings. The van der Waals surface area contributed by atoms with Crippen molar-refractivity contribution in [2.75, 3.05) is 31.1 Å². The topological polar surface area (TPSA) is 86.3 Å². The first kappa shape index (κ1) is 15.9. The molecular formula is C17H17N5O2. The first-order chi connectivity index (χ1) is 11.7. The monoisotopic (exact) mass is 323 g/mol. The Morgan fingerprint density at radius 1 is 1.21 bits per heavy atom. The summed E-state index contributed by atoms with van der Waals surface area (Å²) in [4.78, 5) is 19.2. The molecule has 1 fully saturated rings. The van der Waals surface area contributed by atoms with Crippen LogP contribution in [0.25, 0.3) is 0 Å². The Kier molecular flexibility index (Phi) is 4.68. The fourth-order valence-electron chi connectivity index (χ4n) is 2.88. The van der Waals surface area contributed by atoms with Gasteiger partial charge in [0, 0.05) is 51.1 Å². The number of rotatable bonds is 4. The van der Waals surface area contributed by atoms with Crippen LogP contribution in [0, 0.1) is 21.4 Å². The summed E-state index contributed by atoms with van der Waals surface area (Å²) in [6, 6.07) is 12.5. The van der Waals surface area contributed by atoms with Gasteiger partial charge in [0.1, 0.15) is 11.9 Å². The van der Waals surface area contributed by atoms with Gasteiger partial charge in [-0.05, 0) is 17.7 Å². The summed E-state index contributed by atoms with van der Waals surface area (Å²) in [6.45, 7) is 3.89. The number of non-ortho nitro benzene ring substituents is 1. The lowest BCUT2D eigenvalue weighted by Crippen LogP contribution is -2.46. The van der Waals surface area contributed by atoms with Crippen molar-refractivity contribution < 1.29 is 4.92 Å². The third-order valence-corrected chi connectivity index (χ3v) is 4.11.